The van der Waals surface area contributed by atoms with Crippen molar-refractivity contribution in [2.45, 2.75) is 13.8 Å². The minimum absolute atomic E-state index is 0.181. The van der Waals surface area contributed by atoms with Crippen molar-refractivity contribution in [2.75, 3.05) is 11.2 Å². The molecule has 4 N–H and O–H groups in total. The molecular formula is C12H14N6O. The van der Waals surface area contributed by atoms with Crippen LogP contribution in [0.2, 0.25) is 0 Å². The number of aromatic amines is 1. The summed E-state index contributed by atoms with van der Waals surface area (Å²) in [6, 6.07) is 6.99. The molecule has 0 saturated carbocycles. The molecule has 7 nitrogen and oxygen atoms in total. The van der Waals surface area contributed by atoms with Crippen molar-refractivity contribution < 1.29 is 0 Å². The molecule has 2 aromatic rings. The molecule has 0 amide bonds. The topological polar surface area (TPSA) is 109 Å². The number of nitrogen functional groups attached to an aromatic ring is 1. The van der Waals surface area contributed by atoms with Crippen molar-refractivity contribution in [2.24, 2.45) is 5.10 Å². The number of hydrogen-bond acceptors (Lipinski definition) is 6. The van der Waals surface area contributed by atoms with Gasteiger partial charge in [-0.1, -0.05) is 18.2 Å². The first kappa shape index (κ1) is 12.7. The fraction of sp³-hybridized carbons (Fsp3) is 0.167. The highest BCUT2D eigenvalue weighted by Crippen LogP contribution is 2.19. The van der Waals surface area contributed by atoms with Crippen LogP contribution in [-0.4, -0.2) is 20.9 Å². The predicted octanol–water partition coefficient (Wildman–Crippen LogP) is 1.22. The van der Waals surface area contributed by atoms with E-state index in [1.807, 2.05) is 13.8 Å². The first-order chi connectivity index (χ1) is 9.08. The Kier molecular flexibility index (Phi) is 3.56. The Balaban J connectivity index is 2.38. The number of H-pyrrole nitrogens is 1. The van der Waals surface area contributed by atoms with Gasteiger partial charge in [0, 0.05) is 17.0 Å². The third-order valence-corrected chi connectivity index (χ3v) is 2.30. The molecule has 19 heavy (non-hydrogen) atoms. The van der Waals surface area contributed by atoms with Gasteiger partial charge in [0.25, 0.3) is 5.56 Å². The van der Waals surface area contributed by atoms with Gasteiger partial charge in [0.2, 0.25) is 5.95 Å². The number of hydrogen-bond donors (Lipinski definition) is 3. The number of para-hydroxylation sites is 1. The van der Waals surface area contributed by atoms with Gasteiger partial charge in [-0.15, -0.1) is 10.2 Å². The number of aromatic nitrogens is 3. The zero-order chi connectivity index (χ0) is 13.8. The van der Waals surface area contributed by atoms with E-state index in [2.05, 4.69) is 25.7 Å². The average Bonchev–Trinajstić information content (AvgIpc) is 2.38. The number of hydrazone groups is 1. The van der Waals surface area contributed by atoms with Gasteiger partial charge >= 0.3 is 0 Å². The summed E-state index contributed by atoms with van der Waals surface area (Å²) in [5.41, 5.74) is 10.0. The Hall–Kier alpha value is -2.70. The zero-order valence-electron chi connectivity index (χ0n) is 10.6. The Morgan fingerprint density at radius 3 is 2.68 bits per heavy atom. The monoisotopic (exact) mass is 258 g/mol. The number of nitrogens with two attached hydrogens (primary N) is 1. The largest absolute Gasteiger partial charge is 0.398 e. The van der Waals surface area contributed by atoms with Crippen LogP contribution in [0.1, 0.15) is 13.8 Å². The van der Waals surface area contributed by atoms with Gasteiger partial charge in [0.05, 0.1) is 0 Å². The lowest BCUT2D eigenvalue weighted by molar-refractivity contribution is 0.946. The smallest absolute Gasteiger partial charge is 0.279 e. The van der Waals surface area contributed by atoms with Crippen LogP contribution < -0.4 is 16.7 Å². The maximum atomic E-state index is 11.9. The molecule has 0 unspecified atom stereocenters. The van der Waals surface area contributed by atoms with Crippen molar-refractivity contribution in [1.82, 2.24) is 15.2 Å². The molecule has 0 saturated heterocycles. The summed E-state index contributed by atoms with van der Waals surface area (Å²) in [5, 5.41) is 11.7. The number of anilines is 2. The van der Waals surface area contributed by atoms with Gasteiger partial charge in [0.15, 0.2) is 5.69 Å². The number of rotatable bonds is 3. The standard InChI is InChI=1S/C12H14N6O/c1-7(2)15-17-12-14-11(19)10(16-18-12)8-5-3-4-6-9(8)13/h3-6H,13H2,1-2H3,(H2,14,17,18,19). The van der Waals surface area contributed by atoms with Crippen molar-refractivity contribution in [3.8, 4) is 11.3 Å². The van der Waals surface area contributed by atoms with Crippen LogP contribution in [0.25, 0.3) is 11.3 Å². The van der Waals surface area contributed by atoms with E-state index in [0.29, 0.717) is 11.3 Å². The summed E-state index contributed by atoms with van der Waals surface area (Å²) in [6.07, 6.45) is 0. The number of nitrogens with one attached hydrogen (secondary N) is 2. The van der Waals surface area contributed by atoms with Gasteiger partial charge in [-0.05, 0) is 19.9 Å². The Morgan fingerprint density at radius 1 is 1.32 bits per heavy atom. The molecule has 7 heteroatoms. The van der Waals surface area contributed by atoms with E-state index in [-0.39, 0.29) is 17.2 Å². The highest BCUT2D eigenvalue weighted by Gasteiger charge is 2.09. The van der Waals surface area contributed by atoms with E-state index >= 15 is 0 Å². The normalized spacial score (nSPS) is 10.0. The lowest BCUT2D eigenvalue weighted by Crippen LogP contribution is -2.16. The quantitative estimate of drug-likeness (QED) is 0.435. The molecule has 2 rings (SSSR count). The van der Waals surface area contributed by atoms with E-state index in [1.165, 1.54) is 0 Å². The van der Waals surface area contributed by atoms with Crippen LogP contribution in [-0.2, 0) is 0 Å². The molecule has 0 radical (unpaired) electrons. The molecule has 1 heterocycles. The van der Waals surface area contributed by atoms with Crippen LogP contribution in [0.3, 0.4) is 0 Å². The molecule has 98 valence electrons. The summed E-state index contributed by atoms with van der Waals surface area (Å²) in [6.45, 7) is 3.63. The van der Waals surface area contributed by atoms with Crippen LogP contribution >= 0.6 is 0 Å². The van der Waals surface area contributed by atoms with E-state index in [0.717, 1.165) is 5.71 Å². The third-order valence-electron chi connectivity index (χ3n) is 2.30. The van der Waals surface area contributed by atoms with Gasteiger partial charge in [0.1, 0.15) is 0 Å². The van der Waals surface area contributed by atoms with Crippen molar-refractivity contribution in [3.05, 3.63) is 34.6 Å². The minimum Gasteiger partial charge on any atom is -0.398 e. The first-order valence-electron chi connectivity index (χ1n) is 5.66. The molecule has 1 aromatic carbocycles. The fourth-order valence-corrected chi connectivity index (χ4v) is 1.44. The zero-order valence-corrected chi connectivity index (χ0v) is 10.6. The Bertz CT molecular complexity index is 672. The molecule has 0 aliphatic heterocycles. The lowest BCUT2D eigenvalue weighted by atomic mass is 10.1. The van der Waals surface area contributed by atoms with Gasteiger partial charge in [-0.25, -0.2) is 5.43 Å². The summed E-state index contributed by atoms with van der Waals surface area (Å²) in [4.78, 5) is 14.5. The summed E-state index contributed by atoms with van der Waals surface area (Å²) in [7, 11) is 0. The second-order valence-corrected chi connectivity index (χ2v) is 4.11. The maximum absolute atomic E-state index is 11.9. The highest BCUT2D eigenvalue weighted by molar-refractivity contribution is 5.79. The second-order valence-electron chi connectivity index (χ2n) is 4.11. The van der Waals surface area contributed by atoms with Gasteiger partial charge in [-0.2, -0.15) is 5.10 Å². The molecule has 0 bridgehead atoms. The summed E-state index contributed by atoms with van der Waals surface area (Å²) >= 11 is 0. The summed E-state index contributed by atoms with van der Waals surface area (Å²) < 4.78 is 0. The molecule has 0 atom stereocenters. The van der Waals surface area contributed by atoms with E-state index in [1.54, 1.807) is 24.3 Å². The average molecular weight is 258 g/mol. The van der Waals surface area contributed by atoms with Crippen molar-refractivity contribution in [3.63, 3.8) is 0 Å². The van der Waals surface area contributed by atoms with Gasteiger partial charge in [-0.3, -0.25) is 9.78 Å². The molecule has 0 spiro atoms. The first-order valence-corrected chi connectivity index (χ1v) is 5.66. The fourth-order valence-electron chi connectivity index (χ4n) is 1.44. The Morgan fingerprint density at radius 2 is 2.05 bits per heavy atom. The van der Waals surface area contributed by atoms with Crippen LogP contribution in [0.5, 0.6) is 0 Å². The molecule has 0 fully saturated rings. The van der Waals surface area contributed by atoms with Gasteiger partial charge < -0.3 is 5.73 Å². The SMILES string of the molecule is CC(C)=NNc1nnc(-c2ccccc2N)c(=O)[nH]1. The maximum Gasteiger partial charge on any atom is 0.279 e. The lowest BCUT2D eigenvalue weighted by Gasteiger charge is -2.04. The van der Waals surface area contributed by atoms with Crippen LogP contribution in [0.4, 0.5) is 11.6 Å². The molecular weight excluding hydrogens is 244 g/mol. The van der Waals surface area contributed by atoms with E-state index in [9.17, 15) is 4.79 Å². The van der Waals surface area contributed by atoms with Crippen molar-refractivity contribution in [1.29, 1.82) is 0 Å². The Labute approximate surface area is 109 Å². The molecule has 1 aromatic heterocycles. The van der Waals surface area contributed by atoms with Crippen LogP contribution in [0, 0.1) is 0 Å². The van der Waals surface area contributed by atoms with Crippen molar-refractivity contribution >= 4 is 17.3 Å². The minimum atomic E-state index is -0.376. The third kappa shape index (κ3) is 2.95. The highest BCUT2D eigenvalue weighted by atomic mass is 16.1. The summed E-state index contributed by atoms with van der Waals surface area (Å²) in [5.74, 6) is 0.185. The number of benzene rings is 1. The molecule has 0 aliphatic rings. The predicted molar refractivity (Wildman–Crippen MR) is 74.9 cm³/mol. The van der Waals surface area contributed by atoms with E-state index < -0.39 is 0 Å². The van der Waals surface area contributed by atoms with Crippen LogP contribution in [0.15, 0.2) is 34.2 Å². The molecule has 0 aliphatic carbocycles. The van der Waals surface area contributed by atoms with E-state index in [4.69, 9.17) is 5.73 Å². The number of nitrogens with zero attached hydrogens (tertiary/aromatic N) is 3. The second kappa shape index (κ2) is 5.30.